The van der Waals surface area contributed by atoms with E-state index in [4.69, 9.17) is 4.74 Å². The van der Waals surface area contributed by atoms with Gasteiger partial charge < -0.3 is 19.4 Å². The van der Waals surface area contributed by atoms with Crippen LogP contribution in [0.5, 0.6) is 0 Å². The van der Waals surface area contributed by atoms with Crippen LogP contribution in [0.1, 0.15) is 80.1 Å². The second-order valence-corrected chi connectivity index (χ2v) is 14.9. The maximum Gasteiger partial charge on any atom is 0.416 e. The highest BCUT2D eigenvalue weighted by Crippen LogP contribution is 2.36. The lowest BCUT2D eigenvalue weighted by atomic mass is 9.83. The molecule has 12 heteroatoms. The Morgan fingerprint density at radius 2 is 1.81 bits per heavy atom. The number of benzene rings is 2. The van der Waals surface area contributed by atoms with Crippen LogP contribution in [0.25, 0.3) is 0 Å². The van der Waals surface area contributed by atoms with Crippen molar-refractivity contribution in [3.8, 4) is 0 Å². The van der Waals surface area contributed by atoms with Crippen LogP contribution in [0.3, 0.4) is 0 Å². The number of ether oxygens (including phenoxy) is 1. The summed E-state index contributed by atoms with van der Waals surface area (Å²) in [6.07, 6.45) is 2.83. The molecule has 2 aliphatic rings. The molecule has 1 unspecified atom stereocenters. The van der Waals surface area contributed by atoms with Crippen molar-refractivity contribution in [2.75, 3.05) is 31.6 Å². The fourth-order valence-electron chi connectivity index (χ4n) is 6.01. The number of hydrogen-bond donors (Lipinski definition) is 0. The summed E-state index contributed by atoms with van der Waals surface area (Å²) in [5.41, 5.74) is 2.26. The molecule has 8 nitrogen and oxygen atoms in total. The number of rotatable bonds is 11. The largest absolute Gasteiger partial charge is 0.444 e. The van der Waals surface area contributed by atoms with Crippen LogP contribution in [0.4, 0.5) is 23.7 Å². The third-order valence-corrected chi connectivity index (χ3v) is 9.50. The van der Waals surface area contributed by atoms with E-state index in [2.05, 4.69) is 10.2 Å². The molecule has 2 fully saturated rings. The molecule has 1 aliphatic carbocycles. The Bertz CT molecular complexity index is 1460. The van der Waals surface area contributed by atoms with E-state index in [1.807, 2.05) is 38.2 Å². The van der Waals surface area contributed by atoms with Crippen molar-refractivity contribution in [3.63, 3.8) is 0 Å². The fourth-order valence-corrected chi connectivity index (χ4v) is 6.65. The Balaban J connectivity index is 0.000000438. The summed E-state index contributed by atoms with van der Waals surface area (Å²) in [4.78, 5) is 29.0. The molecule has 5 rings (SSSR count). The SMILES string of the molecule is Cc1cc(CN(C)CCC2CCN(C(=O)OC(C)(C)C)C2)cc(C(F)(F)F)c1CN(C=O)c1ccccc1.c1nnc(CC2CCC2)s1. The second-order valence-electron chi connectivity index (χ2n) is 13.9. The average Bonchev–Trinajstić information content (AvgIpc) is 3.70. The molecule has 2 amide bonds. The minimum Gasteiger partial charge on any atom is -0.444 e. The standard InChI is InChI=1S/C29H38F3N3O3.C7H10N2S/c1-21-15-23(17-33(5)13-11-22-12-14-34(18-22)27(37)38-28(2,3)4)16-26(29(30,31)32)25(21)19-35(20-36)24-9-7-6-8-10-24;1-2-6(3-1)4-7-9-8-5-10-7/h6-10,15-16,20,22H,11-14,17-19H2,1-5H3;5-6H,1-4H2. The molecule has 1 saturated carbocycles. The van der Waals surface area contributed by atoms with Gasteiger partial charge in [-0.25, -0.2) is 4.79 Å². The van der Waals surface area contributed by atoms with Gasteiger partial charge in [0.1, 0.15) is 16.1 Å². The molecule has 0 spiro atoms. The van der Waals surface area contributed by atoms with Crippen molar-refractivity contribution >= 4 is 29.5 Å². The highest BCUT2D eigenvalue weighted by molar-refractivity contribution is 7.09. The number of carbonyl (C=O) groups excluding carboxylic acids is 2. The average molecular weight is 688 g/mol. The van der Waals surface area contributed by atoms with Crippen molar-refractivity contribution in [2.45, 2.75) is 91.1 Å². The van der Waals surface area contributed by atoms with Gasteiger partial charge in [-0.3, -0.25) is 4.79 Å². The van der Waals surface area contributed by atoms with E-state index >= 15 is 0 Å². The first-order chi connectivity index (χ1) is 22.7. The summed E-state index contributed by atoms with van der Waals surface area (Å²) < 4.78 is 47.7. The zero-order valence-electron chi connectivity index (χ0n) is 28.6. The van der Waals surface area contributed by atoms with Gasteiger partial charge in [-0.15, -0.1) is 21.5 Å². The highest BCUT2D eigenvalue weighted by Gasteiger charge is 2.35. The summed E-state index contributed by atoms with van der Waals surface area (Å²) >= 11 is 1.68. The predicted octanol–water partition coefficient (Wildman–Crippen LogP) is 8.14. The Kier molecular flexibility index (Phi) is 13.0. The molecule has 2 aromatic carbocycles. The van der Waals surface area contributed by atoms with Gasteiger partial charge in [0.25, 0.3) is 0 Å². The zero-order chi connectivity index (χ0) is 34.9. The van der Waals surface area contributed by atoms with Crippen molar-refractivity contribution in [2.24, 2.45) is 11.8 Å². The predicted molar refractivity (Wildman–Crippen MR) is 183 cm³/mol. The van der Waals surface area contributed by atoms with E-state index < -0.39 is 17.3 Å². The molecule has 3 aromatic rings. The molecule has 1 aromatic heterocycles. The van der Waals surface area contributed by atoms with Crippen LogP contribution in [0.15, 0.2) is 48.0 Å². The summed E-state index contributed by atoms with van der Waals surface area (Å²) in [5, 5.41) is 9.02. The fraction of sp³-hybridized carbons (Fsp3) is 0.556. The van der Waals surface area contributed by atoms with Gasteiger partial charge in [-0.2, -0.15) is 13.2 Å². The van der Waals surface area contributed by atoms with E-state index in [0.29, 0.717) is 55.3 Å². The Hall–Kier alpha value is -3.51. The first kappa shape index (κ1) is 37.3. The molecule has 1 saturated heterocycles. The first-order valence-corrected chi connectivity index (χ1v) is 17.5. The minimum absolute atomic E-state index is 0.0908. The van der Waals surface area contributed by atoms with Crippen molar-refractivity contribution in [1.82, 2.24) is 20.0 Å². The highest BCUT2D eigenvalue weighted by atomic mass is 32.1. The minimum atomic E-state index is -4.55. The van der Waals surface area contributed by atoms with Crippen LogP contribution in [0.2, 0.25) is 0 Å². The summed E-state index contributed by atoms with van der Waals surface area (Å²) in [5.74, 6) is 1.25. The van der Waals surface area contributed by atoms with Crippen LogP contribution >= 0.6 is 11.3 Å². The summed E-state index contributed by atoms with van der Waals surface area (Å²) in [6.45, 7) is 9.36. The molecule has 2 heterocycles. The normalized spacial score (nSPS) is 16.7. The van der Waals surface area contributed by atoms with Crippen molar-refractivity contribution in [1.29, 1.82) is 0 Å². The van der Waals surface area contributed by atoms with Gasteiger partial charge in [0.15, 0.2) is 0 Å². The number of para-hydroxylation sites is 1. The Morgan fingerprint density at radius 1 is 1.08 bits per heavy atom. The number of amides is 2. The smallest absolute Gasteiger partial charge is 0.416 e. The van der Waals surface area contributed by atoms with Gasteiger partial charge in [0, 0.05) is 31.7 Å². The van der Waals surface area contributed by atoms with Gasteiger partial charge in [-0.1, -0.05) is 43.5 Å². The summed E-state index contributed by atoms with van der Waals surface area (Å²) in [7, 11) is 1.89. The third kappa shape index (κ3) is 11.3. The summed E-state index contributed by atoms with van der Waals surface area (Å²) in [6, 6.07) is 11.6. The molecule has 48 heavy (non-hydrogen) atoms. The topological polar surface area (TPSA) is 78.9 Å². The van der Waals surface area contributed by atoms with Crippen LogP contribution in [-0.4, -0.2) is 64.8 Å². The molecule has 0 radical (unpaired) electrons. The lowest BCUT2D eigenvalue weighted by Crippen LogP contribution is -2.35. The van der Waals surface area contributed by atoms with E-state index in [0.717, 1.165) is 18.8 Å². The molecule has 0 N–H and O–H groups in total. The number of likely N-dealkylation sites (tertiary alicyclic amines) is 1. The van der Waals surface area contributed by atoms with Crippen LogP contribution in [0, 0.1) is 18.8 Å². The number of anilines is 1. The maximum absolute atomic E-state index is 14.1. The van der Waals surface area contributed by atoms with Crippen LogP contribution in [-0.2, 0) is 35.2 Å². The molecular formula is C36H48F3N5O3S. The van der Waals surface area contributed by atoms with Gasteiger partial charge in [0.05, 0.1) is 12.1 Å². The number of carbonyl (C=O) groups is 2. The molecule has 262 valence electrons. The van der Waals surface area contributed by atoms with E-state index in [-0.39, 0.29) is 18.2 Å². The number of hydrogen-bond acceptors (Lipinski definition) is 7. The number of nitrogens with zero attached hydrogens (tertiary/aromatic N) is 5. The number of halogens is 3. The third-order valence-electron chi connectivity index (χ3n) is 8.78. The second kappa shape index (κ2) is 16.7. The molecule has 1 atom stereocenters. The number of aromatic nitrogens is 2. The van der Waals surface area contributed by atoms with E-state index in [9.17, 15) is 22.8 Å². The molecular weight excluding hydrogens is 639 g/mol. The maximum atomic E-state index is 14.1. The van der Waals surface area contributed by atoms with Crippen molar-refractivity contribution < 1.29 is 27.5 Å². The first-order valence-electron chi connectivity index (χ1n) is 16.6. The zero-order valence-corrected chi connectivity index (χ0v) is 29.4. The van der Waals surface area contributed by atoms with Gasteiger partial charge in [0.2, 0.25) is 6.41 Å². The van der Waals surface area contributed by atoms with Crippen molar-refractivity contribution in [3.05, 3.63) is 75.2 Å². The number of aryl methyl sites for hydroxylation is 1. The lowest BCUT2D eigenvalue weighted by molar-refractivity contribution is -0.138. The van der Waals surface area contributed by atoms with E-state index in [1.54, 1.807) is 59.6 Å². The van der Waals surface area contributed by atoms with Crippen LogP contribution < -0.4 is 4.90 Å². The van der Waals surface area contributed by atoms with Gasteiger partial charge in [-0.05, 0) is 101 Å². The number of alkyl halides is 3. The van der Waals surface area contributed by atoms with E-state index in [1.165, 1.54) is 41.7 Å². The Labute approximate surface area is 286 Å². The quantitative estimate of drug-likeness (QED) is 0.190. The monoisotopic (exact) mass is 687 g/mol. The molecule has 0 bridgehead atoms. The van der Waals surface area contributed by atoms with Gasteiger partial charge >= 0.3 is 12.3 Å². The Morgan fingerprint density at radius 3 is 2.40 bits per heavy atom. The molecule has 1 aliphatic heterocycles. The lowest BCUT2D eigenvalue weighted by Gasteiger charge is -2.25.